The zero-order valence-corrected chi connectivity index (χ0v) is 9.60. The Bertz CT molecular complexity index is 572. The van der Waals surface area contributed by atoms with Crippen LogP contribution >= 0.6 is 11.3 Å². The minimum absolute atomic E-state index is 0.157. The molecule has 0 aliphatic rings. The first kappa shape index (κ1) is 11.7. The number of hydrogen-bond donors (Lipinski definition) is 0. The highest BCUT2D eigenvalue weighted by atomic mass is 32.1. The lowest BCUT2D eigenvalue weighted by atomic mass is 10.1. The monoisotopic (exact) mass is 250 g/mol. The molecule has 17 heavy (non-hydrogen) atoms. The SMILES string of the molecule is N#CCCc1nc(-c2cc(F)ccc2F)cs1. The van der Waals surface area contributed by atoms with Gasteiger partial charge in [-0.1, -0.05) is 0 Å². The zero-order valence-electron chi connectivity index (χ0n) is 8.78. The van der Waals surface area contributed by atoms with Crippen molar-refractivity contribution in [2.75, 3.05) is 0 Å². The Morgan fingerprint density at radius 3 is 2.94 bits per heavy atom. The van der Waals surface area contributed by atoms with Gasteiger partial charge in [-0.25, -0.2) is 13.8 Å². The second-order valence-electron chi connectivity index (χ2n) is 3.41. The highest BCUT2D eigenvalue weighted by Crippen LogP contribution is 2.25. The van der Waals surface area contributed by atoms with E-state index in [0.717, 1.165) is 23.2 Å². The first-order valence-corrected chi connectivity index (χ1v) is 5.85. The summed E-state index contributed by atoms with van der Waals surface area (Å²) in [6.07, 6.45) is 0.913. The molecule has 1 aromatic carbocycles. The molecule has 0 atom stereocenters. The van der Waals surface area contributed by atoms with Crippen molar-refractivity contribution in [3.05, 3.63) is 40.2 Å². The zero-order chi connectivity index (χ0) is 12.3. The van der Waals surface area contributed by atoms with Crippen molar-refractivity contribution < 1.29 is 8.78 Å². The number of nitriles is 1. The molecule has 0 radical (unpaired) electrons. The van der Waals surface area contributed by atoms with Gasteiger partial charge in [0.2, 0.25) is 0 Å². The number of aryl methyl sites for hydroxylation is 1. The maximum Gasteiger partial charge on any atom is 0.132 e. The number of rotatable bonds is 3. The second kappa shape index (κ2) is 5.02. The third-order valence-corrected chi connectivity index (χ3v) is 3.12. The van der Waals surface area contributed by atoms with Crippen molar-refractivity contribution in [2.24, 2.45) is 0 Å². The van der Waals surface area contributed by atoms with Gasteiger partial charge in [0, 0.05) is 23.8 Å². The van der Waals surface area contributed by atoms with Gasteiger partial charge in [0.1, 0.15) is 11.6 Å². The summed E-state index contributed by atoms with van der Waals surface area (Å²) in [4.78, 5) is 4.18. The van der Waals surface area contributed by atoms with Gasteiger partial charge in [-0.3, -0.25) is 0 Å². The Kier molecular flexibility index (Phi) is 3.45. The fourth-order valence-electron chi connectivity index (χ4n) is 1.41. The van der Waals surface area contributed by atoms with Gasteiger partial charge in [0.15, 0.2) is 0 Å². The third-order valence-electron chi connectivity index (χ3n) is 2.21. The minimum Gasteiger partial charge on any atom is -0.241 e. The smallest absolute Gasteiger partial charge is 0.132 e. The van der Waals surface area contributed by atoms with Crippen LogP contribution in [0.2, 0.25) is 0 Å². The van der Waals surface area contributed by atoms with Crippen LogP contribution in [-0.4, -0.2) is 4.98 Å². The van der Waals surface area contributed by atoms with Gasteiger partial charge < -0.3 is 0 Å². The number of thiazole rings is 1. The number of nitrogens with zero attached hydrogens (tertiary/aromatic N) is 2. The van der Waals surface area contributed by atoms with Crippen molar-refractivity contribution in [1.29, 1.82) is 5.26 Å². The van der Waals surface area contributed by atoms with Crippen LogP contribution in [-0.2, 0) is 6.42 Å². The predicted octanol–water partition coefficient (Wildman–Crippen LogP) is 3.54. The Balaban J connectivity index is 2.30. The Morgan fingerprint density at radius 1 is 1.35 bits per heavy atom. The van der Waals surface area contributed by atoms with E-state index in [0.29, 0.717) is 18.5 Å². The van der Waals surface area contributed by atoms with E-state index >= 15 is 0 Å². The number of hydrogen-bond acceptors (Lipinski definition) is 3. The molecular formula is C12H8F2N2S. The van der Waals surface area contributed by atoms with E-state index in [4.69, 9.17) is 5.26 Å². The predicted molar refractivity (Wildman–Crippen MR) is 61.4 cm³/mol. The molecule has 0 N–H and O–H groups in total. The van der Waals surface area contributed by atoms with E-state index in [1.54, 1.807) is 5.38 Å². The van der Waals surface area contributed by atoms with E-state index in [1.165, 1.54) is 11.3 Å². The molecule has 2 aromatic rings. The molecule has 0 unspecified atom stereocenters. The van der Waals surface area contributed by atoms with Gasteiger partial charge >= 0.3 is 0 Å². The Hall–Kier alpha value is -1.80. The Morgan fingerprint density at radius 2 is 2.18 bits per heavy atom. The lowest BCUT2D eigenvalue weighted by Gasteiger charge is -1.98. The number of aromatic nitrogens is 1. The van der Waals surface area contributed by atoms with Gasteiger partial charge in [-0.05, 0) is 18.2 Å². The molecule has 0 bridgehead atoms. The molecule has 0 aliphatic carbocycles. The minimum atomic E-state index is -0.497. The fraction of sp³-hybridized carbons (Fsp3) is 0.167. The molecule has 0 amide bonds. The van der Waals surface area contributed by atoms with E-state index in [2.05, 4.69) is 4.98 Å². The van der Waals surface area contributed by atoms with E-state index in [1.807, 2.05) is 6.07 Å². The molecule has 0 fully saturated rings. The number of halogens is 2. The average Bonchev–Trinajstić information content (AvgIpc) is 2.78. The molecule has 86 valence electrons. The largest absolute Gasteiger partial charge is 0.241 e. The molecule has 0 aliphatic heterocycles. The molecule has 0 saturated carbocycles. The van der Waals surface area contributed by atoms with Crippen molar-refractivity contribution in [1.82, 2.24) is 4.98 Å². The maximum atomic E-state index is 13.5. The van der Waals surface area contributed by atoms with Crippen LogP contribution in [0.3, 0.4) is 0 Å². The molecule has 2 nitrogen and oxygen atoms in total. The summed E-state index contributed by atoms with van der Waals surface area (Å²) in [5.41, 5.74) is 0.574. The van der Waals surface area contributed by atoms with Crippen LogP contribution in [0, 0.1) is 23.0 Å². The van der Waals surface area contributed by atoms with Crippen LogP contribution in [0.4, 0.5) is 8.78 Å². The second-order valence-corrected chi connectivity index (χ2v) is 4.35. The third kappa shape index (κ3) is 2.66. The first-order chi connectivity index (χ1) is 8.20. The summed E-state index contributed by atoms with van der Waals surface area (Å²) in [6.45, 7) is 0. The van der Waals surface area contributed by atoms with Crippen molar-refractivity contribution in [3.63, 3.8) is 0 Å². The van der Waals surface area contributed by atoms with Crippen LogP contribution in [0.5, 0.6) is 0 Å². The molecule has 5 heteroatoms. The standard InChI is InChI=1S/C12H8F2N2S/c13-8-3-4-10(14)9(6-8)11-7-17-12(16-11)2-1-5-15/h3-4,6-7H,1-2H2. The van der Waals surface area contributed by atoms with E-state index in [9.17, 15) is 8.78 Å². The quantitative estimate of drug-likeness (QED) is 0.835. The lowest BCUT2D eigenvalue weighted by molar-refractivity contribution is 0.602. The molecule has 2 rings (SSSR count). The van der Waals surface area contributed by atoms with Crippen LogP contribution in [0.1, 0.15) is 11.4 Å². The summed E-state index contributed by atoms with van der Waals surface area (Å²) >= 11 is 1.35. The van der Waals surface area contributed by atoms with Crippen molar-refractivity contribution >= 4 is 11.3 Å². The highest BCUT2D eigenvalue weighted by molar-refractivity contribution is 7.09. The van der Waals surface area contributed by atoms with Crippen LogP contribution in [0.25, 0.3) is 11.3 Å². The van der Waals surface area contributed by atoms with Crippen molar-refractivity contribution in [3.8, 4) is 17.3 Å². The van der Waals surface area contributed by atoms with Crippen molar-refractivity contribution in [2.45, 2.75) is 12.8 Å². The molecular weight excluding hydrogens is 242 g/mol. The molecule has 1 aromatic heterocycles. The van der Waals surface area contributed by atoms with Crippen LogP contribution in [0.15, 0.2) is 23.6 Å². The maximum absolute atomic E-state index is 13.5. The molecule has 0 saturated heterocycles. The lowest BCUT2D eigenvalue weighted by Crippen LogP contribution is -1.88. The van der Waals surface area contributed by atoms with Gasteiger partial charge in [0.25, 0.3) is 0 Å². The first-order valence-electron chi connectivity index (χ1n) is 4.97. The van der Waals surface area contributed by atoms with Gasteiger partial charge in [0.05, 0.1) is 16.8 Å². The average molecular weight is 250 g/mol. The normalized spacial score (nSPS) is 10.2. The van der Waals surface area contributed by atoms with E-state index in [-0.39, 0.29) is 5.56 Å². The summed E-state index contributed by atoms with van der Waals surface area (Å²) in [6, 6.07) is 5.30. The number of benzene rings is 1. The topological polar surface area (TPSA) is 36.7 Å². The Labute approximate surface area is 101 Å². The molecule has 0 spiro atoms. The van der Waals surface area contributed by atoms with Gasteiger partial charge in [-0.15, -0.1) is 11.3 Å². The summed E-state index contributed by atoms with van der Waals surface area (Å²) < 4.78 is 26.5. The van der Waals surface area contributed by atoms with E-state index < -0.39 is 11.6 Å². The fourth-order valence-corrected chi connectivity index (χ4v) is 2.20. The summed E-state index contributed by atoms with van der Waals surface area (Å²) in [7, 11) is 0. The van der Waals surface area contributed by atoms with Gasteiger partial charge in [-0.2, -0.15) is 5.26 Å². The van der Waals surface area contributed by atoms with Crippen LogP contribution < -0.4 is 0 Å². The highest BCUT2D eigenvalue weighted by Gasteiger charge is 2.10. The summed E-state index contributed by atoms with van der Waals surface area (Å²) in [5.74, 6) is -0.989. The summed E-state index contributed by atoms with van der Waals surface area (Å²) in [5, 5.41) is 10.9. The molecule has 1 heterocycles.